The molecule has 0 atom stereocenters. The molecule has 1 N–H and O–H groups in total. The minimum absolute atomic E-state index is 0.0410. The van der Waals surface area contributed by atoms with Crippen LogP contribution in [0.4, 0.5) is 5.69 Å². The third-order valence-electron chi connectivity index (χ3n) is 4.86. The zero-order chi connectivity index (χ0) is 22.9. The molecule has 1 fully saturated rings. The number of ether oxygens (including phenoxy) is 2. The first-order chi connectivity index (χ1) is 15.5. The van der Waals surface area contributed by atoms with Gasteiger partial charge in [0.05, 0.1) is 29.7 Å². The molecule has 1 aliphatic rings. The Kier molecular flexibility index (Phi) is 8.27. The zero-order valence-electron chi connectivity index (χ0n) is 17.7. The Labute approximate surface area is 190 Å². The van der Waals surface area contributed by atoms with Crippen molar-refractivity contribution in [3.05, 3.63) is 59.7 Å². The molecule has 8 nitrogen and oxygen atoms in total. The van der Waals surface area contributed by atoms with Gasteiger partial charge in [-0.05, 0) is 37.1 Å². The van der Waals surface area contributed by atoms with Crippen LogP contribution in [0.15, 0.2) is 53.4 Å². The summed E-state index contributed by atoms with van der Waals surface area (Å²) < 4.78 is 9.86. The van der Waals surface area contributed by atoms with Gasteiger partial charge < -0.3 is 19.7 Å². The second kappa shape index (κ2) is 11.3. The Hall–Kier alpha value is -3.33. The molecule has 168 valence electrons. The lowest BCUT2D eigenvalue weighted by atomic mass is 10.2. The van der Waals surface area contributed by atoms with Gasteiger partial charge in [0.1, 0.15) is 0 Å². The topological polar surface area (TPSA) is 102 Å². The van der Waals surface area contributed by atoms with Gasteiger partial charge >= 0.3 is 11.9 Å². The van der Waals surface area contributed by atoms with Gasteiger partial charge in [-0.15, -0.1) is 11.8 Å². The molecule has 0 unspecified atom stereocenters. The highest BCUT2D eigenvalue weighted by atomic mass is 32.2. The number of methoxy groups -OCH3 is 1. The summed E-state index contributed by atoms with van der Waals surface area (Å²) in [7, 11) is 1.25. The number of esters is 2. The molecule has 1 heterocycles. The number of hydrogen-bond acceptors (Lipinski definition) is 7. The van der Waals surface area contributed by atoms with Crippen molar-refractivity contribution in [2.24, 2.45) is 0 Å². The van der Waals surface area contributed by atoms with Crippen LogP contribution in [-0.2, 0) is 19.1 Å². The van der Waals surface area contributed by atoms with Crippen LogP contribution in [0, 0.1) is 0 Å². The fourth-order valence-corrected chi connectivity index (χ4v) is 4.18. The van der Waals surface area contributed by atoms with Gasteiger partial charge in [-0.3, -0.25) is 9.59 Å². The van der Waals surface area contributed by atoms with Crippen LogP contribution >= 0.6 is 11.8 Å². The van der Waals surface area contributed by atoms with Crippen LogP contribution in [-0.4, -0.2) is 61.2 Å². The number of carbonyl (C=O) groups is 4. The molecule has 32 heavy (non-hydrogen) atoms. The zero-order valence-corrected chi connectivity index (χ0v) is 18.5. The summed E-state index contributed by atoms with van der Waals surface area (Å²) in [6.07, 6.45) is 2.04. The van der Waals surface area contributed by atoms with Gasteiger partial charge in [-0.1, -0.05) is 24.3 Å². The van der Waals surface area contributed by atoms with E-state index < -0.39 is 24.5 Å². The first kappa shape index (κ1) is 23.3. The van der Waals surface area contributed by atoms with Gasteiger partial charge in [0, 0.05) is 18.0 Å². The smallest absolute Gasteiger partial charge is 0.339 e. The summed E-state index contributed by atoms with van der Waals surface area (Å²) in [5.41, 5.74) is 0.741. The molecular weight excluding hydrogens is 432 g/mol. The minimum atomic E-state index is -0.668. The number of thioether (sulfide) groups is 1. The van der Waals surface area contributed by atoms with Crippen molar-refractivity contribution in [2.45, 2.75) is 17.7 Å². The van der Waals surface area contributed by atoms with E-state index in [0.717, 1.165) is 25.9 Å². The van der Waals surface area contributed by atoms with E-state index in [9.17, 15) is 19.2 Å². The molecule has 0 saturated carbocycles. The van der Waals surface area contributed by atoms with Crippen molar-refractivity contribution in [1.82, 2.24) is 4.90 Å². The SMILES string of the molecule is COC(=O)c1ccccc1NC(=O)COC(=O)c1ccccc1SCC(=O)N1CCCC1. The van der Waals surface area contributed by atoms with E-state index in [2.05, 4.69) is 5.32 Å². The third-order valence-corrected chi connectivity index (χ3v) is 5.92. The molecule has 3 rings (SSSR count). The Balaban J connectivity index is 1.56. The standard InChI is InChI=1S/C23H24N2O6S/c1-30-22(28)16-8-2-4-10-18(16)24-20(26)14-31-23(29)17-9-3-5-11-19(17)32-15-21(27)25-12-6-7-13-25/h2-5,8-11H,6-7,12-15H2,1H3,(H,24,26). The Morgan fingerprint density at radius 1 is 0.938 bits per heavy atom. The van der Waals surface area contributed by atoms with Gasteiger partial charge in [-0.25, -0.2) is 9.59 Å². The fraction of sp³-hybridized carbons (Fsp3) is 0.304. The number of hydrogen-bond donors (Lipinski definition) is 1. The van der Waals surface area contributed by atoms with Crippen LogP contribution in [0.5, 0.6) is 0 Å². The number of carbonyl (C=O) groups excluding carboxylic acids is 4. The lowest BCUT2D eigenvalue weighted by molar-refractivity contribution is -0.127. The number of rotatable bonds is 8. The van der Waals surface area contributed by atoms with E-state index in [1.54, 1.807) is 42.5 Å². The Morgan fingerprint density at radius 2 is 1.59 bits per heavy atom. The number of benzene rings is 2. The average molecular weight is 457 g/mol. The van der Waals surface area contributed by atoms with Crippen molar-refractivity contribution < 1.29 is 28.7 Å². The highest BCUT2D eigenvalue weighted by molar-refractivity contribution is 8.00. The molecule has 2 amide bonds. The molecule has 1 aliphatic heterocycles. The Morgan fingerprint density at radius 3 is 2.31 bits per heavy atom. The lowest BCUT2D eigenvalue weighted by Crippen LogP contribution is -2.29. The van der Waals surface area contributed by atoms with Crippen molar-refractivity contribution in [2.75, 3.05) is 37.9 Å². The van der Waals surface area contributed by atoms with Crippen LogP contribution in [0.25, 0.3) is 0 Å². The number of likely N-dealkylation sites (tertiary alicyclic amines) is 1. The molecule has 2 aromatic rings. The molecule has 0 aliphatic carbocycles. The maximum absolute atomic E-state index is 12.6. The first-order valence-electron chi connectivity index (χ1n) is 10.1. The van der Waals surface area contributed by atoms with E-state index in [-0.39, 0.29) is 28.5 Å². The monoisotopic (exact) mass is 456 g/mol. The molecular formula is C23H24N2O6S. The summed E-state index contributed by atoms with van der Waals surface area (Å²) in [6, 6.07) is 13.2. The minimum Gasteiger partial charge on any atom is -0.465 e. The molecule has 0 radical (unpaired) electrons. The van der Waals surface area contributed by atoms with E-state index in [1.807, 2.05) is 4.90 Å². The predicted octanol–water partition coefficient (Wildman–Crippen LogP) is 2.98. The predicted molar refractivity (Wildman–Crippen MR) is 120 cm³/mol. The number of nitrogens with one attached hydrogen (secondary N) is 1. The van der Waals surface area contributed by atoms with E-state index in [4.69, 9.17) is 9.47 Å². The summed E-state index contributed by atoms with van der Waals surface area (Å²) in [5.74, 6) is -1.58. The van der Waals surface area contributed by atoms with Gasteiger partial charge in [0.2, 0.25) is 5.91 Å². The molecule has 9 heteroatoms. The van der Waals surface area contributed by atoms with Crippen LogP contribution in [0.2, 0.25) is 0 Å². The summed E-state index contributed by atoms with van der Waals surface area (Å²) in [6.45, 7) is 1.02. The summed E-state index contributed by atoms with van der Waals surface area (Å²) in [4.78, 5) is 51.4. The highest BCUT2D eigenvalue weighted by Gasteiger charge is 2.20. The van der Waals surface area contributed by atoms with E-state index in [0.29, 0.717) is 4.90 Å². The molecule has 0 bridgehead atoms. The maximum Gasteiger partial charge on any atom is 0.339 e. The van der Waals surface area contributed by atoms with Crippen LogP contribution in [0.1, 0.15) is 33.6 Å². The van der Waals surface area contributed by atoms with Crippen molar-refractivity contribution in [3.8, 4) is 0 Å². The largest absolute Gasteiger partial charge is 0.465 e. The Bertz CT molecular complexity index is 1000. The summed E-state index contributed by atoms with van der Waals surface area (Å²) >= 11 is 1.27. The second-order valence-corrected chi connectivity index (χ2v) is 8.05. The van der Waals surface area contributed by atoms with Crippen molar-refractivity contribution >= 4 is 41.2 Å². The summed E-state index contributed by atoms with van der Waals surface area (Å²) in [5, 5.41) is 2.55. The molecule has 0 spiro atoms. The quantitative estimate of drug-likeness (QED) is 0.481. The third kappa shape index (κ3) is 6.10. The number of para-hydroxylation sites is 1. The van der Waals surface area contributed by atoms with Crippen LogP contribution in [0.3, 0.4) is 0 Å². The van der Waals surface area contributed by atoms with Crippen LogP contribution < -0.4 is 5.32 Å². The van der Waals surface area contributed by atoms with Crippen molar-refractivity contribution in [3.63, 3.8) is 0 Å². The first-order valence-corrected chi connectivity index (χ1v) is 11.1. The second-order valence-electron chi connectivity index (χ2n) is 7.03. The number of amides is 2. The number of nitrogens with zero attached hydrogens (tertiary/aromatic N) is 1. The lowest BCUT2D eigenvalue weighted by Gasteiger charge is -2.15. The van der Waals surface area contributed by atoms with Gasteiger partial charge in [0.25, 0.3) is 5.91 Å². The highest BCUT2D eigenvalue weighted by Crippen LogP contribution is 2.24. The molecule has 0 aromatic heterocycles. The average Bonchev–Trinajstić information content (AvgIpc) is 3.36. The maximum atomic E-state index is 12.6. The molecule has 1 saturated heterocycles. The normalized spacial score (nSPS) is 12.8. The van der Waals surface area contributed by atoms with Gasteiger partial charge in [-0.2, -0.15) is 0 Å². The molecule has 2 aromatic carbocycles. The fourth-order valence-electron chi connectivity index (χ4n) is 3.23. The number of anilines is 1. The van der Waals surface area contributed by atoms with E-state index in [1.165, 1.54) is 24.9 Å². The van der Waals surface area contributed by atoms with Gasteiger partial charge in [0.15, 0.2) is 6.61 Å². The van der Waals surface area contributed by atoms with E-state index >= 15 is 0 Å². The van der Waals surface area contributed by atoms with Crippen molar-refractivity contribution in [1.29, 1.82) is 0 Å².